The van der Waals surface area contributed by atoms with Gasteiger partial charge in [-0.2, -0.15) is 11.8 Å². The van der Waals surface area contributed by atoms with Crippen molar-refractivity contribution in [3.8, 4) is 0 Å². The van der Waals surface area contributed by atoms with E-state index in [4.69, 9.17) is 9.90 Å². The van der Waals surface area contributed by atoms with Crippen molar-refractivity contribution in [1.82, 2.24) is 9.80 Å². The zero-order valence-electron chi connectivity index (χ0n) is 17.7. The average molecular weight is 445 g/mol. The second-order valence-corrected chi connectivity index (χ2v) is 8.94. The van der Waals surface area contributed by atoms with E-state index in [9.17, 15) is 9.18 Å². The lowest BCUT2D eigenvalue weighted by atomic mass is 9.89. The van der Waals surface area contributed by atoms with Crippen LogP contribution in [0.5, 0.6) is 0 Å². The van der Waals surface area contributed by atoms with Gasteiger partial charge < -0.3 is 14.9 Å². The molecule has 3 atom stereocenters. The van der Waals surface area contributed by atoms with E-state index in [1.165, 1.54) is 29.9 Å². The van der Waals surface area contributed by atoms with Crippen LogP contribution in [-0.4, -0.2) is 65.5 Å². The number of carboxylic acid groups (broad SMARTS) is 1. The van der Waals surface area contributed by atoms with Gasteiger partial charge in [0.05, 0.1) is 6.04 Å². The monoisotopic (exact) mass is 444 g/mol. The molecule has 2 fully saturated rings. The molecule has 2 aliphatic heterocycles. The molecule has 2 saturated heterocycles. The molecule has 4 rings (SSSR count). The van der Waals surface area contributed by atoms with Crippen LogP contribution in [-0.2, 0) is 4.79 Å². The molecule has 2 aliphatic rings. The van der Waals surface area contributed by atoms with Gasteiger partial charge in [-0.15, -0.1) is 0 Å². The molecule has 1 N–H and O–H groups in total. The lowest BCUT2D eigenvalue weighted by molar-refractivity contribution is -0.122. The summed E-state index contributed by atoms with van der Waals surface area (Å²) in [6.07, 6.45) is 3.36. The van der Waals surface area contributed by atoms with Gasteiger partial charge in [0.15, 0.2) is 0 Å². The number of hydrogen-bond donors (Lipinski definition) is 1. The van der Waals surface area contributed by atoms with Crippen LogP contribution in [0.25, 0.3) is 0 Å². The molecule has 7 heteroatoms. The molecule has 0 aliphatic carbocycles. The quantitative estimate of drug-likeness (QED) is 0.539. The Morgan fingerprint density at radius 2 is 1.90 bits per heavy atom. The van der Waals surface area contributed by atoms with E-state index in [2.05, 4.69) is 23.3 Å². The van der Waals surface area contributed by atoms with Gasteiger partial charge in [-0.25, -0.2) is 4.39 Å². The number of nitrogens with zero attached hydrogens (tertiary/aromatic N) is 2. The number of fused-ring (bicyclic) bond motifs is 1. The molecule has 0 bridgehead atoms. The molecular weight excluding hydrogens is 415 g/mol. The third kappa shape index (κ3) is 5.66. The Balaban J connectivity index is 0.000000858. The zero-order valence-corrected chi connectivity index (χ0v) is 18.5. The van der Waals surface area contributed by atoms with Crippen molar-refractivity contribution in [2.24, 2.45) is 11.8 Å². The highest BCUT2D eigenvalue weighted by Gasteiger charge is 2.48. The molecule has 0 radical (unpaired) electrons. The van der Waals surface area contributed by atoms with Crippen molar-refractivity contribution < 1.29 is 19.1 Å². The van der Waals surface area contributed by atoms with E-state index in [0.717, 1.165) is 26.2 Å². The molecule has 2 aromatic rings. The summed E-state index contributed by atoms with van der Waals surface area (Å²) >= 11 is 1.90. The number of amides is 1. The van der Waals surface area contributed by atoms with Gasteiger partial charge >= 0.3 is 0 Å². The Labute approximate surface area is 187 Å². The van der Waals surface area contributed by atoms with Crippen LogP contribution in [0.2, 0.25) is 0 Å². The maximum atomic E-state index is 13.7. The van der Waals surface area contributed by atoms with Gasteiger partial charge in [0, 0.05) is 31.1 Å². The minimum absolute atomic E-state index is 0.0586. The van der Waals surface area contributed by atoms with E-state index >= 15 is 0 Å². The number of halogens is 1. The second kappa shape index (κ2) is 11.3. The molecule has 166 valence electrons. The molecule has 1 amide bonds. The minimum Gasteiger partial charge on any atom is -0.483 e. The number of thioether (sulfide) groups is 1. The van der Waals surface area contributed by atoms with E-state index in [1.807, 2.05) is 34.9 Å². The number of carbonyl (C=O) groups excluding carboxylic acids is 1. The molecular formula is C24H29FN2O3S. The number of benzene rings is 2. The predicted octanol–water partition coefficient (Wildman–Crippen LogP) is 4.02. The summed E-state index contributed by atoms with van der Waals surface area (Å²) in [5.41, 5.74) is 1.63. The lowest BCUT2D eigenvalue weighted by Gasteiger charge is -2.30. The molecule has 0 saturated carbocycles. The van der Waals surface area contributed by atoms with Gasteiger partial charge in [0.2, 0.25) is 0 Å². The molecule has 5 nitrogen and oxygen atoms in total. The molecule has 0 spiro atoms. The highest BCUT2D eigenvalue weighted by Crippen LogP contribution is 2.45. The first-order valence-corrected chi connectivity index (χ1v) is 11.9. The van der Waals surface area contributed by atoms with Crippen molar-refractivity contribution in [2.75, 3.05) is 38.2 Å². The first-order chi connectivity index (χ1) is 15.1. The first kappa shape index (κ1) is 23.3. The summed E-state index contributed by atoms with van der Waals surface area (Å²) in [6.45, 7) is 3.71. The fraction of sp³-hybridized carbons (Fsp3) is 0.417. The van der Waals surface area contributed by atoms with Crippen LogP contribution in [0.3, 0.4) is 0 Å². The normalized spacial score (nSPS) is 22.5. The van der Waals surface area contributed by atoms with Gasteiger partial charge in [0.25, 0.3) is 12.4 Å². The summed E-state index contributed by atoms with van der Waals surface area (Å²) in [6, 6.07) is 16.5. The maximum Gasteiger partial charge on any atom is 0.290 e. The summed E-state index contributed by atoms with van der Waals surface area (Å²) in [5, 5.41) is 6.89. The second-order valence-electron chi connectivity index (χ2n) is 7.96. The molecule has 2 heterocycles. The summed E-state index contributed by atoms with van der Waals surface area (Å²) < 4.78 is 13.7. The Morgan fingerprint density at radius 1 is 1.16 bits per heavy atom. The number of hydrogen-bond acceptors (Lipinski definition) is 4. The highest BCUT2D eigenvalue weighted by atomic mass is 32.2. The molecule has 0 unspecified atom stereocenters. The fourth-order valence-corrected chi connectivity index (χ4v) is 5.24. The third-order valence-corrected chi connectivity index (χ3v) is 6.73. The van der Waals surface area contributed by atoms with Crippen molar-refractivity contribution in [3.05, 3.63) is 71.5 Å². The Bertz CT molecular complexity index is 867. The number of carbonyl (C=O) groups is 2. The van der Waals surface area contributed by atoms with E-state index < -0.39 is 0 Å². The minimum atomic E-state index is -0.360. The maximum absolute atomic E-state index is 13.7. The Morgan fingerprint density at radius 3 is 2.58 bits per heavy atom. The van der Waals surface area contributed by atoms with Crippen LogP contribution < -0.4 is 0 Å². The topological polar surface area (TPSA) is 60.9 Å². The summed E-state index contributed by atoms with van der Waals surface area (Å²) in [4.78, 5) is 26.2. The van der Waals surface area contributed by atoms with Crippen LogP contribution in [0.1, 0.15) is 28.4 Å². The van der Waals surface area contributed by atoms with Crippen molar-refractivity contribution >= 4 is 24.1 Å². The smallest absolute Gasteiger partial charge is 0.290 e. The largest absolute Gasteiger partial charge is 0.483 e. The SMILES string of the molecule is CSCCCN1C[C@H]2CN(C(=O)c3cccc(F)c3)[C@H](c3ccccc3)[C@H]2C1.O=CO. The molecule has 2 aromatic carbocycles. The van der Waals surface area contributed by atoms with E-state index in [-0.39, 0.29) is 24.2 Å². The Kier molecular flexibility index (Phi) is 8.49. The van der Waals surface area contributed by atoms with Crippen molar-refractivity contribution in [2.45, 2.75) is 12.5 Å². The molecule has 31 heavy (non-hydrogen) atoms. The van der Waals surface area contributed by atoms with Crippen molar-refractivity contribution in [3.63, 3.8) is 0 Å². The van der Waals surface area contributed by atoms with Gasteiger partial charge in [-0.1, -0.05) is 36.4 Å². The van der Waals surface area contributed by atoms with Crippen molar-refractivity contribution in [1.29, 1.82) is 0 Å². The first-order valence-electron chi connectivity index (χ1n) is 10.5. The zero-order chi connectivity index (χ0) is 22.2. The fourth-order valence-electron chi connectivity index (χ4n) is 4.83. The van der Waals surface area contributed by atoms with Gasteiger partial charge in [-0.3, -0.25) is 9.59 Å². The average Bonchev–Trinajstić information content (AvgIpc) is 3.32. The Hall–Kier alpha value is -2.38. The van der Waals surface area contributed by atoms with Gasteiger partial charge in [0.1, 0.15) is 5.82 Å². The van der Waals surface area contributed by atoms with E-state index in [1.54, 1.807) is 12.1 Å². The van der Waals surface area contributed by atoms with Crippen LogP contribution >= 0.6 is 11.8 Å². The highest BCUT2D eigenvalue weighted by molar-refractivity contribution is 7.98. The predicted molar refractivity (Wildman–Crippen MR) is 122 cm³/mol. The third-order valence-electron chi connectivity index (χ3n) is 6.04. The van der Waals surface area contributed by atoms with Crippen LogP contribution in [0, 0.1) is 17.7 Å². The summed E-state index contributed by atoms with van der Waals surface area (Å²) in [7, 11) is 0. The summed E-state index contributed by atoms with van der Waals surface area (Å²) in [5.74, 6) is 1.70. The van der Waals surface area contributed by atoms with Gasteiger partial charge in [-0.05, 0) is 54.7 Å². The van der Waals surface area contributed by atoms with Crippen LogP contribution in [0.15, 0.2) is 54.6 Å². The number of likely N-dealkylation sites (tertiary alicyclic amines) is 2. The lowest BCUT2D eigenvalue weighted by Crippen LogP contribution is -2.36. The number of rotatable bonds is 6. The van der Waals surface area contributed by atoms with Crippen LogP contribution in [0.4, 0.5) is 4.39 Å². The molecule has 0 aromatic heterocycles. The van der Waals surface area contributed by atoms with E-state index in [0.29, 0.717) is 17.4 Å². The standard InChI is InChI=1S/C23H27FN2OS.CH2O2/c1-28-12-6-11-25-14-19-15-26(23(27)18-9-5-10-20(24)13-18)22(21(19)16-25)17-7-3-2-4-8-17;2-1-3/h2-5,7-10,13,19,21-22H,6,11-12,14-16H2,1H3;1H,(H,2,3)/t19-,21-,22+;/m0./s1.